The highest BCUT2D eigenvalue weighted by Gasteiger charge is 2.34. The number of carbonyl (C=O) groups excluding carboxylic acids is 2. The third-order valence-electron chi connectivity index (χ3n) is 3.00. The zero-order valence-corrected chi connectivity index (χ0v) is 12.4. The molecule has 0 amide bonds. The highest BCUT2D eigenvalue weighted by atomic mass is 35.6. The van der Waals surface area contributed by atoms with E-state index in [1.807, 2.05) is 0 Å². The molecular formula is C12H12Cl3NO3. The van der Waals surface area contributed by atoms with Crippen molar-refractivity contribution in [3.05, 3.63) is 23.5 Å². The first-order valence-electron chi connectivity index (χ1n) is 5.74. The van der Waals surface area contributed by atoms with E-state index in [-0.39, 0.29) is 11.5 Å². The highest BCUT2D eigenvalue weighted by molar-refractivity contribution is 6.77. The fourth-order valence-electron chi connectivity index (χ4n) is 2.04. The molecule has 1 aliphatic rings. The molecule has 0 radical (unpaired) electrons. The largest absolute Gasteiger partial charge is 0.370 e. The maximum absolute atomic E-state index is 12.1. The fourth-order valence-corrected chi connectivity index (χ4v) is 2.33. The second kappa shape index (κ2) is 5.44. The molecule has 1 atom stereocenters. The van der Waals surface area contributed by atoms with E-state index in [0.717, 1.165) is 6.42 Å². The predicted molar refractivity (Wildman–Crippen MR) is 73.3 cm³/mol. The first kappa shape index (κ1) is 14.9. The molecule has 0 N–H and O–H groups in total. The lowest BCUT2D eigenvalue weighted by Crippen LogP contribution is -2.21. The second-order valence-electron chi connectivity index (χ2n) is 4.42. The lowest BCUT2D eigenvalue weighted by atomic mass is 10.1. The summed E-state index contributed by atoms with van der Waals surface area (Å²) in [6.07, 6.45) is 2.68. The maximum atomic E-state index is 12.1. The van der Waals surface area contributed by atoms with Crippen molar-refractivity contribution >= 4 is 46.4 Å². The number of ketones is 2. The van der Waals surface area contributed by atoms with Crippen molar-refractivity contribution in [2.24, 2.45) is 7.05 Å². The van der Waals surface area contributed by atoms with Crippen LogP contribution in [0, 0.1) is 0 Å². The molecule has 1 aromatic rings. The number of nitrogens with zero attached hydrogens (tertiary/aromatic N) is 1. The van der Waals surface area contributed by atoms with Crippen molar-refractivity contribution in [1.82, 2.24) is 4.57 Å². The molecule has 2 heterocycles. The molecule has 1 fully saturated rings. The average Bonchev–Trinajstić information content (AvgIpc) is 2.94. The minimum Gasteiger partial charge on any atom is -0.370 e. The van der Waals surface area contributed by atoms with Crippen LogP contribution in [-0.2, 0) is 11.8 Å². The molecular weight excluding hydrogens is 312 g/mol. The topological polar surface area (TPSA) is 48.3 Å². The summed E-state index contributed by atoms with van der Waals surface area (Å²) in [4.78, 5) is 24.0. The van der Waals surface area contributed by atoms with E-state index >= 15 is 0 Å². The molecule has 1 aromatic heterocycles. The summed E-state index contributed by atoms with van der Waals surface area (Å²) >= 11 is 16.7. The van der Waals surface area contributed by atoms with Gasteiger partial charge in [-0.25, -0.2) is 0 Å². The standard InChI is InChI=1S/C12H12Cl3NO3/c1-16-6-7(10(17)9-3-2-4-19-9)5-8(16)11(18)12(13,14)15/h5-6,9H,2-4H2,1H3. The summed E-state index contributed by atoms with van der Waals surface area (Å²) in [5.41, 5.74) is 0.577. The van der Waals surface area contributed by atoms with Crippen molar-refractivity contribution < 1.29 is 14.3 Å². The number of hydrogen-bond acceptors (Lipinski definition) is 3. The molecule has 1 saturated heterocycles. The van der Waals surface area contributed by atoms with Gasteiger partial charge in [0.1, 0.15) is 6.10 Å². The Morgan fingerprint density at radius 3 is 2.63 bits per heavy atom. The summed E-state index contributed by atoms with van der Waals surface area (Å²) in [6, 6.07) is 1.44. The van der Waals surface area contributed by atoms with Gasteiger partial charge in [0, 0.05) is 25.4 Å². The molecule has 104 valence electrons. The molecule has 19 heavy (non-hydrogen) atoms. The number of aromatic nitrogens is 1. The van der Waals surface area contributed by atoms with Crippen LogP contribution in [0.3, 0.4) is 0 Å². The zero-order valence-electron chi connectivity index (χ0n) is 10.2. The molecule has 2 rings (SSSR count). The molecule has 0 saturated carbocycles. The Morgan fingerprint density at radius 2 is 2.11 bits per heavy atom. The molecule has 0 aromatic carbocycles. The van der Waals surface area contributed by atoms with E-state index in [2.05, 4.69) is 0 Å². The number of ether oxygens (including phenoxy) is 1. The van der Waals surface area contributed by atoms with Crippen LogP contribution >= 0.6 is 34.8 Å². The number of hydrogen-bond donors (Lipinski definition) is 0. The van der Waals surface area contributed by atoms with E-state index in [0.29, 0.717) is 18.6 Å². The van der Waals surface area contributed by atoms with Crippen LogP contribution in [0.4, 0.5) is 0 Å². The molecule has 1 unspecified atom stereocenters. The highest BCUT2D eigenvalue weighted by Crippen LogP contribution is 2.31. The third-order valence-corrected chi connectivity index (χ3v) is 3.52. The van der Waals surface area contributed by atoms with E-state index in [9.17, 15) is 9.59 Å². The molecule has 0 spiro atoms. The first-order chi connectivity index (χ1) is 8.80. The van der Waals surface area contributed by atoms with E-state index < -0.39 is 15.7 Å². The van der Waals surface area contributed by atoms with Crippen LogP contribution in [0.5, 0.6) is 0 Å². The van der Waals surface area contributed by atoms with Gasteiger partial charge in [0.25, 0.3) is 3.79 Å². The maximum Gasteiger partial charge on any atom is 0.255 e. The summed E-state index contributed by atoms with van der Waals surface area (Å²) in [6.45, 7) is 0.586. The lowest BCUT2D eigenvalue weighted by molar-refractivity contribution is 0.0643. The molecule has 7 heteroatoms. The minimum atomic E-state index is -2.03. The van der Waals surface area contributed by atoms with Gasteiger partial charge in [-0.05, 0) is 18.9 Å². The SMILES string of the molecule is Cn1cc(C(=O)C2CCCO2)cc1C(=O)C(Cl)(Cl)Cl. The number of alkyl halides is 3. The Balaban J connectivity index is 2.26. The van der Waals surface area contributed by atoms with Gasteiger partial charge in [0.15, 0.2) is 5.78 Å². The Kier molecular flexibility index (Phi) is 4.26. The second-order valence-corrected chi connectivity index (χ2v) is 6.70. The summed E-state index contributed by atoms with van der Waals surface area (Å²) in [7, 11) is 1.62. The van der Waals surface area contributed by atoms with Gasteiger partial charge in [-0.1, -0.05) is 34.8 Å². The number of aryl methyl sites for hydroxylation is 1. The molecule has 0 aliphatic carbocycles. The Labute approximate surface area is 125 Å². The molecule has 0 bridgehead atoms. The number of rotatable bonds is 3. The van der Waals surface area contributed by atoms with E-state index in [4.69, 9.17) is 39.5 Å². The fraction of sp³-hybridized carbons (Fsp3) is 0.500. The van der Waals surface area contributed by atoms with Gasteiger partial charge < -0.3 is 9.30 Å². The van der Waals surface area contributed by atoms with Crippen LogP contribution < -0.4 is 0 Å². The van der Waals surface area contributed by atoms with E-state index in [1.54, 1.807) is 13.2 Å². The van der Waals surface area contributed by atoms with Crippen LogP contribution in [0.2, 0.25) is 0 Å². The summed E-state index contributed by atoms with van der Waals surface area (Å²) in [5, 5.41) is 0. The summed E-state index contributed by atoms with van der Waals surface area (Å²) in [5.74, 6) is -0.803. The smallest absolute Gasteiger partial charge is 0.255 e. The third kappa shape index (κ3) is 3.14. The molecule has 4 nitrogen and oxygen atoms in total. The Hall–Kier alpha value is -0.550. The number of carbonyl (C=O) groups is 2. The normalized spacial score (nSPS) is 19.7. The van der Waals surface area contributed by atoms with Crippen LogP contribution in [-0.4, -0.2) is 32.6 Å². The van der Waals surface area contributed by atoms with Gasteiger partial charge >= 0.3 is 0 Å². The Bertz CT molecular complexity index is 513. The van der Waals surface area contributed by atoms with Crippen molar-refractivity contribution in [3.63, 3.8) is 0 Å². The van der Waals surface area contributed by atoms with Gasteiger partial charge in [-0.2, -0.15) is 0 Å². The predicted octanol–water partition coefficient (Wildman–Crippen LogP) is 2.94. The monoisotopic (exact) mass is 323 g/mol. The lowest BCUT2D eigenvalue weighted by Gasteiger charge is -2.09. The van der Waals surface area contributed by atoms with Gasteiger partial charge in [0.05, 0.1) is 5.69 Å². The first-order valence-corrected chi connectivity index (χ1v) is 6.88. The van der Waals surface area contributed by atoms with Crippen LogP contribution in [0.15, 0.2) is 12.3 Å². The van der Waals surface area contributed by atoms with Crippen molar-refractivity contribution in [2.45, 2.75) is 22.7 Å². The quantitative estimate of drug-likeness (QED) is 0.634. The number of halogens is 3. The van der Waals surface area contributed by atoms with Gasteiger partial charge in [-0.15, -0.1) is 0 Å². The average molecular weight is 325 g/mol. The molecule has 1 aliphatic heterocycles. The van der Waals surface area contributed by atoms with Crippen molar-refractivity contribution in [2.75, 3.05) is 6.61 Å². The van der Waals surface area contributed by atoms with Gasteiger partial charge in [0.2, 0.25) is 5.78 Å². The Morgan fingerprint density at radius 1 is 1.42 bits per heavy atom. The number of Topliss-reactive ketones (excluding diaryl/α,β-unsaturated/α-hetero) is 2. The zero-order chi connectivity index (χ0) is 14.2. The summed E-state index contributed by atoms with van der Waals surface area (Å²) < 4.78 is 4.77. The van der Waals surface area contributed by atoms with Crippen molar-refractivity contribution in [1.29, 1.82) is 0 Å². The van der Waals surface area contributed by atoms with Crippen LogP contribution in [0.25, 0.3) is 0 Å². The van der Waals surface area contributed by atoms with E-state index in [1.165, 1.54) is 10.6 Å². The van der Waals surface area contributed by atoms with Crippen molar-refractivity contribution in [3.8, 4) is 0 Å². The van der Waals surface area contributed by atoms with Crippen LogP contribution in [0.1, 0.15) is 33.7 Å². The van der Waals surface area contributed by atoms with Gasteiger partial charge in [-0.3, -0.25) is 9.59 Å². The minimum absolute atomic E-state index is 0.142.